The monoisotopic (exact) mass is 286 g/mol. The lowest BCUT2D eigenvalue weighted by Gasteiger charge is -2.31. The van der Waals surface area contributed by atoms with Crippen molar-refractivity contribution in [3.63, 3.8) is 0 Å². The van der Waals surface area contributed by atoms with Gasteiger partial charge in [-0.25, -0.2) is 4.98 Å². The number of halogens is 3. The van der Waals surface area contributed by atoms with E-state index < -0.39 is 23.9 Å². The molecule has 1 saturated carbocycles. The minimum atomic E-state index is -4.32. The second-order valence-electron chi connectivity index (χ2n) is 5.25. The smallest absolute Gasteiger partial charge is 0.310 e. The summed E-state index contributed by atoms with van der Waals surface area (Å²) in [5.41, 5.74) is 0.925. The van der Waals surface area contributed by atoms with E-state index in [-0.39, 0.29) is 12.8 Å². The van der Waals surface area contributed by atoms with Gasteiger partial charge in [0.2, 0.25) is 5.91 Å². The van der Waals surface area contributed by atoms with Crippen LogP contribution in [0.25, 0.3) is 0 Å². The molecule has 2 atom stereocenters. The molecule has 1 aromatic heterocycles. The maximum Gasteiger partial charge on any atom is 0.392 e. The predicted molar refractivity (Wildman–Crippen MR) is 69.1 cm³/mol. The zero-order chi connectivity index (χ0) is 14.8. The standard InChI is InChI=1S/C14H17F3N2O/c1-9-6-7-12(18-8-9)19-13(20)10-4-2-3-5-11(10)14(15,16)17/h6-8,10-11H,2-5H2,1H3,(H,18,19,20)/t10-,11-/m1/s1. The van der Waals surface area contributed by atoms with E-state index in [9.17, 15) is 18.0 Å². The van der Waals surface area contributed by atoms with Gasteiger partial charge in [-0.3, -0.25) is 4.79 Å². The van der Waals surface area contributed by atoms with Gasteiger partial charge in [0.15, 0.2) is 0 Å². The summed E-state index contributed by atoms with van der Waals surface area (Å²) in [6.07, 6.45) is -1.26. The van der Waals surface area contributed by atoms with Gasteiger partial charge in [0, 0.05) is 12.1 Å². The number of aromatic nitrogens is 1. The first-order chi connectivity index (χ1) is 9.38. The van der Waals surface area contributed by atoms with Crippen LogP contribution in [0.5, 0.6) is 0 Å². The lowest BCUT2D eigenvalue weighted by molar-refractivity contribution is -0.197. The molecule has 0 saturated heterocycles. The zero-order valence-electron chi connectivity index (χ0n) is 11.2. The number of rotatable bonds is 2. The van der Waals surface area contributed by atoms with Crippen LogP contribution >= 0.6 is 0 Å². The molecule has 1 heterocycles. The van der Waals surface area contributed by atoms with Crippen molar-refractivity contribution >= 4 is 11.7 Å². The van der Waals surface area contributed by atoms with Crippen LogP contribution in [0.4, 0.5) is 19.0 Å². The number of carbonyl (C=O) groups is 1. The molecule has 0 aliphatic heterocycles. The van der Waals surface area contributed by atoms with Gasteiger partial charge in [0.25, 0.3) is 0 Å². The molecule has 1 aliphatic rings. The van der Waals surface area contributed by atoms with Crippen LogP contribution in [-0.2, 0) is 4.79 Å². The Labute approximate surface area is 115 Å². The predicted octanol–water partition coefficient (Wildman–Crippen LogP) is 3.70. The van der Waals surface area contributed by atoms with Crippen LogP contribution in [0.15, 0.2) is 18.3 Å². The van der Waals surface area contributed by atoms with Gasteiger partial charge in [-0.15, -0.1) is 0 Å². The number of pyridine rings is 1. The number of nitrogens with one attached hydrogen (secondary N) is 1. The maximum atomic E-state index is 12.9. The highest BCUT2D eigenvalue weighted by Gasteiger charge is 2.48. The average molecular weight is 286 g/mol. The third kappa shape index (κ3) is 3.49. The summed E-state index contributed by atoms with van der Waals surface area (Å²) < 4.78 is 38.8. The number of hydrogen-bond donors (Lipinski definition) is 1. The fourth-order valence-electron chi connectivity index (χ4n) is 2.60. The first-order valence-electron chi connectivity index (χ1n) is 6.68. The molecular formula is C14H17F3N2O. The molecule has 0 bridgehead atoms. The summed E-state index contributed by atoms with van der Waals surface area (Å²) in [5, 5.41) is 2.49. The summed E-state index contributed by atoms with van der Waals surface area (Å²) in [6, 6.07) is 3.35. The molecule has 0 radical (unpaired) electrons. The molecule has 0 unspecified atom stereocenters. The van der Waals surface area contributed by atoms with E-state index in [4.69, 9.17) is 0 Å². The summed E-state index contributed by atoms with van der Waals surface area (Å²) in [7, 11) is 0. The second-order valence-corrected chi connectivity index (χ2v) is 5.25. The van der Waals surface area contributed by atoms with Gasteiger partial charge in [0.05, 0.1) is 5.92 Å². The third-order valence-electron chi connectivity index (χ3n) is 3.69. The van der Waals surface area contributed by atoms with Crippen molar-refractivity contribution in [2.75, 3.05) is 5.32 Å². The second kappa shape index (κ2) is 5.81. The van der Waals surface area contributed by atoms with Gasteiger partial charge in [0.1, 0.15) is 5.82 Å². The number of carbonyl (C=O) groups excluding carboxylic acids is 1. The normalized spacial score (nSPS) is 23.4. The van der Waals surface area contributed by atoms with Gasteiger partial charge in [-0.1, -0.05) is 18.9 Å². The van der Waals surface area contributed by atoms with Gasteiger partial charge < -0.3 is 5.32 Å². The largest absolute Gasteiger partial charge is 0.392 e. The molecule has 1 amide bonds. The van der Waals surface area contributed by atoms with Gasteiger partial charge in [-0.2, -0.15) is 13.2 Å². The summed E-state index contributed by atoms with van der Waals surface area (Å²) in [5.74, 6) is -2.83. The highest BCUT2D eigenvalue weighted by molar-refractivity contribution is 5.92. The quantitative estimate of drug-likeness (QED) is 0.900. The number of aryl methyl sites for hydroxylation is 1. The number of nitrogens with zero attached hydrogens (tertiary/aromatic N) is 1. The van der Waals surface area contributed by atoms with Crippen LogP contribution < -0.4 is 5.32 Å². The van der Waals surface area contributed by atoms with Crippen molar-refractivity contribution < 1.29 is 18.0 Å². The fraction of sp³-hybridized carbons (Fsp3) is 0.571. The molecule has 6 heteroatoms. The first-order valence-corrected chi connectivity index (χ1v) is 6.68. The fourth-order valence-corrected chi connectivity index (χ4v) is 2.60. The van der Waals surface area contributed by atoms with E-state index >= 15 is 0 Å². The van der Waals surface area contributed by atoms with E-state index in [0.29, 0.717) is 18.7 Å². The SMILES string of the molecule is Cc1ccc(NC(=O)[C@@H]2CCCC[C@H]2C(F)(F)F)nc1. The Kier molecular flexibility index (Phi) is 4.30. The zero-order valence-corrected chi connectivity index (χ0v) is 11.2. The molecule has 0 spiro atoms. The first kappa shape index (κ1) is 14.8. The van der Waals surface area contributed by atoms with E-state index in [1.54, 1.807) is 18.3 Å². The van der Waals surface area contributed by atoms with E-state index in [2.05, 4.69) is 10.3 Å². The van der Waals surface area contributed by atoms with Crippen LogP contribution in [-0.4, -0.2) is 17.1 Å². The summed E-state index contributed by atoms with van der Waals surface area (Å²) >= 11 is 0. The molecular weight excluding hydrogens is 269 g/mol. The Morgan fingerprint density at radius 1 is 1.30 bits per heavy atom. The van der Waals surface area contributed by atoms with Gasteiger partial charge in [-0.05, 0) is 31.4 Å². The molecule has 0 aromatic carbocycles. The van der Waals surface area contributed by atoms with Crippen molar-refractivity contribution in [1.29, 1.82) is 0 Å². The number of hydrogen-bond acceptors (Lipinski definition) is 2. The van der Waals surface area contributed by atoms with Crippen molar-refractivity contribution in [2.45, 2.75) is 38.8 Å². The number of alkyl halides is 3. The molecule has 1 fully saturated rings. The Morgan fingerprint density at radius 2 is 2.00 bits per heavy atom. The number of amides is 1. The van der Waals surface area contributed by atoms with Gasteiger partial charge >= 0.3 is 6.18 Å². The third-order valence-corrected chi connectivity index (χ3v) is 3.69. The molecule has 1 N–H and O–H groups in total. The Morgan fingerprint density at radius 3 is 2.60 bits per heavy atom. The minimum Gasteiger partial charge on any atom is -0.310 e. The van der Waals surface area contributed by atoms with E-state index in [0.717, 1.165) is 5.56 Å². The Bertz CT molecular complexity index is 470. The Balaban J connectivity index is 2.08. The van der Waals surface area contributed by atoms with E-state index in [1.807, 2.05) is 6.92 Å². The molecule has 1 aliphatic carbocycles. The highest BCUT2D eigenvalue weighted by atomic mass is 19.4. The van der Waals surface area contributed by atoms with Crippen LogP contribution in [0.3, 0.4) is 0 Å². The Hall–Kier alpha value is -1.59. The highest BCUT2D eigenvalue weighted by Crippen LogP contribution is 2.41. The van der Waals surface area contributed by atoms with Crippen molar-refractivity contribution in [3.05, 3.63) is 23.9 Å². The van der Waals surface area contributed by atoms with Crippen LogP contribution in [0, 0.1) is 18.8 Å². The lowest BCUT2D eigenvalue weighted by Crippen LogP contribution is -2.39. The summed E-state index contributed by atoms with van der Waals surface area (Å²) in [4.78, 5) is 16.0. The maximum absolute atomic E-state index is 12.9. The lowest BCUT2D eigenvalue weighted by atomic mass is 9.78. The molecule has 1 aromatic rings. The van der Waals surface area contributed by atoms with E-state index in [1.165, 1.54) is 0 Å². The van der Waals surface area contributed by atoms with Crippen LogP contribution in [0.1, 0.15) is 31.2 Å². The topological polar surface area (TPSA) is 42.0 Å². The van der Waals surface area contributed by atoms with Crippen molar-refractivity contribution in [3.8, 4) is 0 Å². The molecule has 110 valence electrons. The molecule has 3 nitrogen and oxygen atoms in total. The van der Waals surface area contributed by atoms with Crippen molar-refractivity contribution in [1.82, 2.24) is 4.98 Å². The summed E-state index contributed by atoms with van der Waals surface area (Å²) in [6.45, 7) is 1.85. The number of anilines is 1. The minimum absolute atomic E-state index is 0.0307. The molecule has 2 rings (SSSR count). The van der Waals surface area contributed by atoms with Crippen molar-refractivity contribution in [2.24, 2.45) is 11.8 Å². The van der Waals surface area contributed by atoms with Crippen LogP contribution in [0.2, 0.25) is 0 Å². The molecule has 20 heavy (non-hydrogen) atoms. The average Bonchev–Trinajstić information content (AvgIpc) is 2.40.